The summed E-state index contributed by atoms with van der Waals surface area (Å²) in [7, 11) is 0. The van der Waals surface area contributed by atoms with Crippen molar-refractivity contribution in [2.24, 2.45) is 0 Å². The van der Waals surface area contributed by atoms with Crippen molar-refractivity contribution in [3.63, 3.8) is 0 Å². The molecule has 0 amide bonds. The van der Waals surface area contributed by atoms with E-state index < -0.39 is 0 Å². The molecule has 1 heterocycles. The van der Waals surface area contributed by atoms with Gasteiger partial charge in [0, 0.05) is 19.3 Å². The molecule has 0 spiro atoms. The van der Waals surface area contributed by atoms with Crippen molar-refractivity contribution in [2.75, 3.05) is 11.9 Å². The molecule has 0 radical (unpaired) electrons. The van der Waals surface area contributed by atoms with E-state index in [2.05, 4.69) is 17.2 Å². The van der Waals surface area contributed by atoms with Crippen LogP contribution in [0.4, 0.5) is 5.82 Å². The summed E-state index contributed by atoms with van der Waals surface area (Å²) < 4.78 is 1.57. The molecule has 1 N–H and O–H groups in total. The van der Waals surface area contributed by atoms with Gasteiger partial charge in [0.2, 0.25) is 0 Å². The van der Waals surface area contributed by atoms with Gasteiger partial charge in [-0.15, -0.1) is 0 Å². The average Bonchev–Trinajstić information content (AvgIpc) is 2.28. The standard InChI is InChI=1S/C12H19N3O/c1-3-5-8-13-11-7-10-15(9-6-4-2)12(16)14-11/h4,6-7,10H,3,5,8-9H2,1-2H3,(H,13,14,16)/b6-4+. The van der Waals surface area contributed by atoms with Crippen LogP contribution in [0, 0.1) is 0 Å². The number of nitrogens with zero attached hydrogens (tertiary/aromatic N) is 2. The zero-order chi connectivity index (χ0) is 11.8. The van der Waals surface area contributed by atoms with Gasteiger partial charge in [-0.25, -0.2) is 4.79 Å². The number of rotatable bonds is 6. The van der Waals surface area contributed by atoms with Crippen LogP contribution in [0.2, 0.25) is 0 Å². The second-order valence-corrected chi connectivity index (χ2v) is 3.60. The molecule has 4 heteroatoms. The fourth-order valence-corrected chi connectivity index (χ4v) is 1.28. The highest BCUT2D eigenvalue weighted by Crippen LogP contribution is 1.98. The number of aromatic nitrogens is 2. The lowest BCUT2D eigenvalue weighted by atomic mass is 10.3. The molecule has 4 nitrogen and oxygen atoms in total. The SMILES string of the molecule is C/C=C/Cn1ccc(NCCCC)nc1=O. The van der Waals surface area contributed by atoms with Crippen LogP contribution in [0.1, 0.15) is 26.7 Å². The summed E-state index contributed by atoms with van der Waals surface area (Å²) >= 11 is 0. The normalized spacial score (nSPS) is 10.9. The Balaban J connectivity index is 2.63. The lowest BCUT2D eigenvalue weighted by Gasteiger charge is -2.05. The fourth-order valence-electron chi connectivity index (χ4n) is 1.28. The van der Waals surface area contributed by atoms with Crippen molar-refractivity contribution >= 4 is 5.82 Å². The Morgan fingerprint density at radius 2 is 2.38 bits per heavy atom. The third-order valence-corrected chi connectivity index (χ3v) is 2.25. The summed E-state index contributed by atoms with van der Waals surface area (Å²) in [5.74, 6) is 0.662. The molecule has 0 bridgehead atoms. The Kier molecular flexibility index (Phi) is 5.32. The highest BCUT2D eigenvalue weighted by Gasteiger charge is 1.97. The first-order chi connectivity index (χ1) is 7.77. The number of allylic oxidation sites excluding steroid dienone is 2. The van der Waals surface area contributed by atoms with Gasteiger partial charge in [0.25, 0.3) is 0 Å². The van der Waals surface area contributed by atoms with Gasteiger partial charge in [-0.1, -0.05) is 25.5 Å². The highest BCUT2D eigenvalue weighted by atomic mass is 16.1. The van der Waals surface area contributed by atoms with Gasteiger partial charge in [-0.05, 0) is 19.4 Å². The van der Waals surface area contributed by atoms with Crippen molar-refractivity contribution in [1.29, 1.82) is 0 Å². The van der Waals surface area contributed by atoms with Gasteiger partial charge in [-0.2, -0.15) is 4.98 Å². The first-order valence-corrected chi connectivity index (χ1v) is 5.70. The van der Waals surface area contributed by atoms with E-state index in [0.717, 1.165) is 19.4 Å². The maximum Gasteiger partial charge on any atom is 0.349 e. The minimum absolute atomic E-state index is 0.209. The fraction of sp³-hybridized carbons (Fsp3) is 0.500. The quantitative estimate of drug-likeness (QED) is 0.590. The smallest absolute Gasteiger partial charge is 0.349 e. The zero-order valence-corrected chi connectivity index (χ0v) is 9.94. The molecule has 0 aromatic carbocycles. The van der Waals surface area contributed by atoms with Crippen molar-refractivity contribution in [1.82, 2.24) is 9.55 Å². The summed E-state index contributed by atoms with van der Waals surface area (Å²) in [6.45, 7) is 5.50. The largest absolute Gasteiger partial charge is 0.370 e. The molecule has 88 valence electrons. The molecule has 0 unspecified atom stereocenters. The third kappa shape index (κ3) is 3.88. The molecule has 1 rings (SSSR count). The van der Waals surface area contributed by atoms with Crippen LogP contribution < -0.4 is 11.0 Å². The maximum atomic E-state index is 11.6. The Labute approximate surface area is 96.0 Å². The van der Waals surface area contributed by atoms with E-state index in [1.165, 1.54) is 0 Å². The molecule has 1 aromatic rings. The van der Waals surface area contributed by atoms with E-state index in [9.17, 15) is 4.79 Å². The average molecular weight is 221 g/mol. The van der Waals surface area contributed by atoms with Gasteiger partial charge in [0.05, 0.1) is 0 Å². The topological polar surface area (TPSA) is 46.9 Å². The second kappa shape index (κ2) is 6.82. The van der Waals surface area contributed by atoms with Gasteiger partial charge < -0.3 is 5.32 Å². The van der Waals surface area contributed by atoms with Crippen molar-refractivity contribution < 1.29 is 0 Å². The van der Waals surface area contributed by atoms with Crippen molar-refractivity contribution in [2.45, 2.75) is 33.2 Å². The van der Waals surface area contributed by atoms with E-state index in [1.54, 1.807) is 10.8 Å². The molecule has 16 heavy (non-hydrogen) atoms. The molecule has 0 saturated heterocycles. The highest BCUT2D eigenvalue weighted by molar-refractivity contribution is 5.31. The van der Waals surface area contributed by atoms with Crippen LogP contribution in [-0.4, -0.2) is 16.1 Å². The van der Waals surface area contributed by atoms with E-state index >= 15 is 0 Å². The number of unbranched alkanes of at least 4 members (excludes halogenated alkanes) is 1. The van der Waals surface area contributed by atoms with Crippen LogP contribution >= 0.6 is 0 Å². The molecule has 0 aliphatic rings. The van der Waals surface area contributed by atoms with Crippen LogP contribution in [-0.2, 0) is 6.54 Å². The predicted molar refractivity (Wildman–Crippen MR) is 66.7 cm³/mol. The molecule has 0 fully saturated rings. The van der Waals surface area contributed by atoms with Crippen LogP contribution in [0.3, 0.4) is 0 Å². The summed E-state index contributed by atoms with van der Waals surface area (Å²) in [6.07, 6.45) is 7.82. The van der Waals surface area contributed by atoms with E-state index in [4.69, 9.17) is 0 Å². The molecule has 0 aliphatic carbocycles. The predicted octanol–water partition coefficient (Wildman–Crippen LogP) is 2.03. The van der Waals surface area contributed by atoms with Crippen molar-refractivity contribution in [3.8, 4) is 0 Å². The lowest BCUT2D eigenvalue weighted by molar-refractivity contribution is 0.741. The number of anilines is 1. The summed E-state index contributed by atoms with van der Waals surface area (Å²) in [5, 5.41) is 3.13. The minimum Gasteiger partial charge on any atom is -0.370 e. The van der Waals surface area contributed by atoms with Gasteiger partial charge in [0.1, 0.15) is 5.82 Å². The third-order valence-electron chi connectivity index (χ3n) is 2.25. The van der Waals surface area contributed by atoms with E-state index in [0.29, 0.717) is 12.4 Å². The zero-order valence-electron chi connectivity index (χ0n) is 9.94. The van der Waals surface area contributed by atoms with E-state index in [1.807, 2.05) is 25.1 Å². The second-order valence-electron chi connectivity index (χ2n) is 3.60. The lowest BCUT2D eigenvalue weighted by Crippen LogP contribution is -2.23. The molecule has 1 aromatic heterocycles. The van der Waals surface area contributed by atoms with Crippen LogP contribution in [0.5, 0.6) is 0 Å². The first-order valence-electron chi connectivity index (χ1n) is 5.70. The minimum atomic E-state index is -0.209. The van der Waals surface area contributed by atoms with Crippen molar-refractivity contribution in [3.05, 3.63) is 34.9 Å². The Hall–Kier alpha value is -1.58. The number of hydrogen-bond acceptors (Lipinski definition) is 3. The molecular weight excluding hydrogens is 202 g/mol. The van der Waals surface area contributed by atoms with E-state index in [-0.39, 0.29) is 5.69 Å². The first kappa shape index (κ1) is 12.5. The molecule has 0 saturated carbocycles. The van der Waals surface area contributed by atoms with Gasteiger partial charge in [-0.3, -0.25) is 4.57 Å². The summed E-state index contributed by atoms with van der Waals surface area (Å²) in [6, 6.07) is 1.83. The Morgan fingerprint density at radius 3 is 3.00 bits per heavy atom. The van der Waals surface area contributed by atoms with Gasteiger partial charge >= 0.3 is 5.69 Å². The Morgan fingerprint density at radius 1 is 1.56 bits per heavy atom. The maximum absolute atomic E-state index is 11.6. The van der Waals surface area contributed by atoms with Gasteiger partial charge in [0.15, 0.2) is 0 Å². The summed E-state index contributed by atoms with van der Waals surface area (Å²) in [5.41, 5.74) is -0.209. The molecular formula is C12H19N3O. The summed E-state index contributed by atoms with van der Waals surface area (Å²) in [4.78, 5) is 15.5. The number of hydrogen-bond donors (Lipinski definition) is 1. The number of nitrogens with one attached hydrogen (secondary N) is 1. The molecule has 0 aliphatic heterocycles. The monoisotopic (exact) mass is 221 g/mol. The Bertz CT molecular complexity index is 395. The van der Waals surface area contributed by atoms with Crippen LogP contribution in [0.15, 0.2) is 29.2 Å². The van der Waals surface area contributed by atoms with Crippen LogP contribution in [0.25, 0.3) is 0 Å². The molecule has 0 atom stereocenters.